The van der Waals surface area contributed by atoms with Gasteiger partial charge in [0.1, 0.15) is 0 Å². The number of hydrogen-bond acceptors (Lipinski definition) is 2. The van der Waals surface area contributed by atoms with E-state index in [1.807, 2.05) is 7.05 Å². The van der Waals surface area contributed by atoms with Crippen LogP contribution in [0.1, 0.15) is 5.56 Å². The fourth-order valence-corrected chi connectivity index (χ4v) is 1.21. The molecule has 0 aliphatic carbocycles. The Morgan fingerprint density at radius 2 is 1.85 bits per heavy atom. The predicted molar refractivity (Wildman–Crippen MR) is 58.4 cm³/mol. The van der Waals surface area contributed by atoms with Crippen molar-refractivity contribution in [3.8, 4) is 0 Å². The van der Waals surface area contributed by atoms with Crippen molar-refractivity contribution in [2.24, 2.45) is 0 Å². The van der Waals surface area contributed by atoms with Crippen LogP contribution in [0.25, 0.3) is 0 Å². The smallest absolute Gasteiger partial charge is 0.0364 e. The molecule has 13 heavy (non-hydrogen) atoms. The van der Waals surface area contributed by atoms with Gasteiger partial charge in [-0.3, -0.25) is 0 Å². The van der Waals surface area contributed by atoms with E-state index in [0.717, 1.165) is 13.1 Å². The van der Waals surface area contributed by atoms with Gasteiger partial charge in [0.15, 0.2) is 0 Å². The number of anilines is 1. The minimum atomic E-state index is 1.02. The Bertz CT molecular complexity index is 241. The van der Waals surface area contributed by atoms with Crippen molar-refractivity contribution in [1.29, 1.82) is 0 Å². The second-order valence-electron chi connectivity index (χ2n) is 3.36. The molecule has 0 atom stereocenters. The number of aryl methyl sites for hydroxylation is 1. The molecule has 0 saturated carbocycles. The molecule has 2 nitrogen and oxygen atoms in total. The average Bonchev–Trinajstić information content (AvgIpc) is 2.15. The molecule has 0 unspecified atom stereocenters. The molecule has 0 fully saturated rings. The zero-order valence-corrected chi connectivity index (χ0v) is 8.67. The minimum Gasteiger partial charge on any atom is -0.373 e. The molecule has 1 rings (SSSR count). The monoisotopic (exact) mass is 178 g/mol. The highest BCUT2D eigenvalue weighted by Crippen LogP contribution is 2.12. The fraction of sp³-hybridized carbons (Fsp3) is 0.455. The highest BCUT2D eigenvalue weighted by molar-refractivity contribution is 5.46. The maximum Gasteiger partial charge on any atom is 0.0364 e. The van der Waals surface area contributed by atoms with Gasteiger partial charge in [0, 0.05) is 25.8 Å². The lowest BCUT2D eigenvalue weighted by atomic mass is 10.2. The molecular formula is C11H18N2. The van der Waals surface area contributed by atoms with Crippen molar-refractivity contribution in [3.63, 3.8) is 0 Å². The van der Waals surface area contributed by atoms with Gasteiger partial charge in [-0.2, -0.15) is 0 Å². The molecule has 1 N–H and O–H groups in total. The van der Waals surface area contributed by atoms with Crippen LogP contribution in [-0.4, -0.2) is 27.2 Å². The van der Waals surface area contributed by atoms with Crippen molar-refractivity contribution in [2.45, 2.75) is 6.92 Å². The highest BCUT2D eigenvalue weighted by Gasteiger charge is 1.97. The molecule has 0 aliphatic rings. The van der Waals surface area contributed by atoms with E-state index in [0.29, 0.717) is 0 Å². The summed E-state index contributed by atoms with van der Waals surface area (Å²) < 4.78 is 0. The minimum absolute atomic E-state index is 1.02. The largest absolute Gasteiger partial charge is 0.373 e. The molecule has 72 valence electrons. The van der Waals surface area contributed by atoms with Crippen LogP contribution in [-0.2, 0) is 0 Å². The standard InChI is InChI=1S/C11H18N2/c1-10-4-6-11(7-5-10)13(3)9-8-12-2/h4-7,12H,8-9H2,1-3H3. The van der Waals surface area contributed by atoms with Crippen LogP contribution < -0.4 is 10.2 Å². The van der Waals surface area contributed by atoms with Crippen molar-refractivity contribution >= 4 is 5.69 Å². The first-order chi connectivity index (χ1) is 6.24. The lowest BCUT2D eigenvalue weighted by Gasteiger charge is -2.18. The molecule has 0 saturated heterocycles. The fourth-order valence-electron chi connectivity index (χ4n) is 1.21. The van der Waals surface area contributed by atoms with Crippen LogP contribution in [0.15, 0.2) is 24.3 Å². The lowest BCUT2D eigenvalue weighted by Crippen LogP contribution is -2.26. The maximum absolute atomic E-state index is 3.14. The maximum atomic E-state index is 3.14. The van der Waals surface area contributed by atoms with Gasteiger partial charge in [0.05, 0.1) is 0 Å². The Morgan fingerprint density at radius 1 is 1.23 bits per heavy atom. The van der Waals surface area contributed by atoms with Gasteiger partial charge in [0.2, 0.25) is 0 Å². The predicted octanol–water partition coefficient (Wildman–Crippen LogP) is 1.65. The van der Waals surface area contributed by atoms with Crippen LogP contribution in [0, 0.1) is 6.92 Å². The summed E-state index contributed by atoms with van der Waals surface area (Å²) in [6.07, 6.45) is 0. The molecule has 1 aromatic rings. The van der Waals surface area contributed by atoms with Gasteiger partial charge in [-0.1, -0.05) is 17.7 Å². The molecule has 0 aliphatic heterocycles. The van der Waals surface area contributed by atoms with Crippen molar-refractivity contribution < 1.29 is 0 Å². The van der Waals surface area contributed by atoms with E-state index < -0.39 is 0 Å². The highest BCUT2D eigenvalue weighted by atomic mass is 15.1. The van der Waals surface area contributed by atoms with E-state index in [4.69, 9.17) is 0 Å². The first-order valence-electron chi connectivity index (χ1n) is 4.66. The molecule has 0 bridgehead atoms. The lowest BCUT2D eigenvalue weighted by molar-refractivity contribution is 0.768. The van der Waals surface area contributed by atoms with E-state index >= 15 is 0 Å². The van der Waals surface area contributed by atoms with E-state index in [2.05, 4.69) is 48.5 Å². The Hall–Kier alpha value is -1.02. The molecule has 0 heterocycles. The van der Waals surface area contributed by atoms with E-state index in [1.165, 1.54) is 11.3 Å². The number of rotatable bonds is 4. The quantitative estimate of drug-likeness (QED) is 0.754. The molecular weight excluding hydrogens is 160 g/mol. The SMILES string of the molecule is CNCCN(C)c1ccc(C)cc1. The van der Waals surface area contributed by atoms with E-state index in [-0.39, 0.29) is 0 Å². The summed E-state index contributed by atoms with van der Waals surface area (Å²) >= 11 is 0. The van der Waals surface area contributed by atoms with E-state index in [9.17, 15) is 0 Å². The number of benzene rings is 1. The summed E-state index contributed by atoms with van der Waals surface area (Å²) in [6, 6.07) is 8.60. The first kappa shape index (κ1) is 10.1. The second-order valence-corrected chi connectivity index (χ2v) is 3.36. The molecule has 0 amide bonds. The summed E-state index contributed by atoms with van der Waals surface area (Å²) in [5, 5.41) is 3.14. The topological polar surface area (TPSA) is 15.3 Å². The van der Waals surface area contributed by atoms with Crippen molar-refractivity contribution in [1.82, 2.24) is 5.32 Å². The third-order valence-electron chi connectivity index (χ3n) is 2.17. The number of nitrogens with one attached hydrogen (secondary N) is 1. The van der Waals surface area contributed by atoms with Gasteiger partial charge in [0.25, 0.3) is 0 Å². The summed E-state index contributed by atoms with van der Waals surface area (Å²) in [6.45, 7) is 4.17. The van der Waals surface area contributed by atoms with Crippen LogP contribution in [0.3, 0.4) is 0 Å². The zero-order chi connectivity index (χ0) is 9.68. The Morgan fingerprint density at radius 3 is 2.38 bits per heavy atom. The van der Waals surface area contributed by atoms with Gasteiger partial charge in [-0.05, 0) is 26.1 Å². The average molecular weight is 178 g/mol. The number of hydrogen-bond donors (Lipinski definition) is 1. The molecule has 1 aromatic carbocycles. The van der Waals surface area contributed by atoms with Crippen molar-refractivity contribution in [3.05, 3.63) is 29.8 Å². The number of likely N-dealkylation sites (N-methyl/N-ethyl adjacent to an activating group) is 2. The van der Waals surface area contributed by atoms with Crippen LogP contribution >= 0.6 is 0 Å². The molecule has 2 heteroatoms. The van der Waals surface area contributed by atoms with Gasteiger partial charge in [-0.15, -0.1) is 0 Å². The molecule has 0 spiro atoms. The third kappa shape index (κ3) is 3.07. The van der Waals surface area contributed by atoms with Crippen LogP contribution in [0.4, 0.5) is 5.69 Å². The summed E-state index contributed by atoms with van der Waals surface area (Å²) in [4.78, 5) is 2.25. The Kier molecular flexibility index (Phi) is 3.77. The summed E-state index contributed by atoms with van der Waals surface area (Å²) in [7, 11) is 4.09. The Labute approximate surface area is 80.6 Å². The van der Waals surface area contributed by atoms with Crippen molar-refractivity contribution in [2.75, 3.05) is 32.1 Å². The normalized spacial score (nSPS) is 10.1. The van der Waals surface area contributed by atoms with Gasteiger partial charge in [-0.25, -0.2) is 0 Å². The number of nitrogens with zero attached hydrogens (tertiary/aromatic N) is 1. The van der Waals surface area contributed by atoms with Gasteiger partial charge >= 0.3 is 0 Å². The second kappa shape index (κ2) is 4.87. The van der Waals surface area contributed by atoms with Gasteiger partial charge < -0.3 is 10.2 Å². The Balaban J connectivity index is 2.55. The summed E-state index contributed by atoms with van der Waals surface area (Å²) in [5.74, 6) is 0. The first-order valence-corrected chi connectivity index (χ1v) is 4.66. The molecule has 0 radical (unpaired) electrons. The molecule has 0 aromatic heterocycles. The summed E-state index contributed by atoms with van der Waals surface area (Å²) in [5.41, 5.74) is 2.59. The van der Waals surface area contributed by atoms with E-state index in [1.54, 1.807) is 0 Å². The van der Waals surface area contributed by atoms with Crippen LogP contribution in [0.2, 0.25) is 0 Å². The third-order valence-corrected chi connectivity index (χ3v) is 2.17. The zero-order valence-electron chi connectivity index (χ0n) is 8.67. The van der Waals surface area contributed by atoms with Crippen LogP contribution in [0.5, 0.6) is 0 Å².